The number of anilines is 1. The van der Waals surface area contributed by atoms with Crippen molar-refractivity contribution in [3.63, 3.8) is 0 Å². The zero-order valence-corrected chi connectivity index (χ0v) is 19.6. The summed E-state index contributed by atoms with van der Waals surface area (Å²) in [4.78, 5) is 19.5. The van der Waals surface area contributed by atoms with Gasteiger partial charge in [0.2, 0.25) is 17.5 Å². The molecule has 1 fully saturated rings. The predicted octanol–water partition coefficient (Wildman–Crippen LogP) is 5.58. The van der Waals surface area contributed by atoms with Crippen molar-refractivity contribution in [3.05, 3.63) is 94.8 Å². The van der Waals surface area contributed by atoms with Crippen LogP contribution in [0, 0.1) is 17.2 Å². The lowest BCUT2D eigenvalue weighted by atomic mass is 9.93. The van der Waals surface area contributed by atoms with E-state index in [0.29, 0.717) is 42.6 Å². The Kier molecular flexibility index (Phi) is 6.55. The van der Waals surface area contributed by atoms with E-state index >= 15 is 0 Å². The van der Waals surface area contributed by atoms with Crippen molar-refractivity contribution >= 4 is 23.4 Å². The number of nitriles is 1. The van der Waals surface area contributed by atoms with Crippen LogP contribution in [0.2, 0.25) is 5.02 Å². The molecule has 1 saturated heterocycles. The topological polar surface area (TPSA) is 95.3 Å². The lowest BCUT2D eigenvalue weighted by Gasteiger charge is -2.32. The van der Waals surface area contributed by atoms with Gasteiger partial charge in [-0.3, -0.25) is 4.79 Å². The molecular formula is C27H23ClN4O3. The number of carbonyl (C=O) groups is 1. The quantitative estimate of drug-likeness (QED) is 0.382. The first kappa shape index (κ1) is 22.8. The number of amides is 1. The first-order valence-corrected chi connectivity index (χ1v) is 11.8. The van der Waals surface area contributed by atoms with Crippen LogP contribution in [0.3, 0.4) is 0 Å². The third-order valence-corrected chi connectivity index (χ3v) is 6.47. The molecule has 1 aliphatic rings. The molecule has 176 valence electrons. The Bertz CT molecular complexity index is 1320. The monoisotopic (exact) mass is 486 g/mol. The normalized spacial score (nSPS) is 14.9. The number of hydrogen-bond acceptors (Lipinski definition) is 6. The number of halogens is 1. The van der Waals surface area contributed by atoms with Crippen LogP contribution in [0.25, 0.3) is 11.7 Å². The third-order valence-electron chi connectivity index (χ3n) is 6.22. The highest BCUT2D eigenvalue weighted by Crippen LogP contribution is 2.32. The van der Waals surface area contributed by atoms with Gasteiger partial charge in [0.15, 0.2) is 5.76 Å². The van der Waals surface area contributed by atoms with Gasteiger partial charge in [0, 0.05) is 24.0 Å². The largest absolute Gasteiger partial charge is 0.459 e. The minimum absolute atomic E-state index is 0.00260. The average molecular weight is 487 g/mol. The smallest absolute Gasteiger partial charge is 0.266 e. The highest BCUT2D eigenvalue weighted by Gasteiger charge is 2.30. The van der Waals surface area contributed by atoms with Crippen molar-refractivity contribution in [2.75, 3.05) is 18.0 Å². The van der Waals surface area contributed by atoms with Crippen LogP contribution in [0.15, 0.2) is 81.8 Å². The van der Waals surface area contributed by atoms with Crippen LogP contribution < -0.4 is 10.2 Å². The van der Waals surface area contributed by atoms with Crippen molar-refractivity contribution in [3.8, 4) is 17.7 Å². The van der Waals surface area contributed by atoms with E-state index in [0.717, 1.165) is 11.1 Å². The molecule has 1 unspecified atom stereocenters. The number of furan rings is 1. The minimum atomic E-state index is -0.269. The van der Waals surface area contributed by atoms with Gasteiger partial charge in [-0.1, -0.05) is 54.1 Å². The molecule has 2 aromatic heterocycles. The van der Waals surface area contributed by atoms with Gasteiger partial charge in [0.05, 0.1) is 12.3 Å². The fourth-order valence-electron chi connectivity index (χ4n) is 4.37. The lowest BCUT2D eigenvalue weighted by Crippen LogP contribution is -2.42. The van der Waals surface area contributed by atoms with Crippen LogP contribution in [0.1, 0.15) is 35.7 Å². The second-order valence-corrected chi connectivity index (χ2v) is 8.86. The van der Waals surface area contributed by atoms with E-state index in [1.807, 2.05) is 59.5 Å². The number of piperidine rings is 1. The van der Waals surface area contributed by atoms with E-state index in [1.54, 1.807) is 12.1 Å². The average Bonchev–Trinajstić information content (AvgIpc) is 3.59. The van der Waals surface area contributed by atoms with E-state index in [4.69, 9.17) is 20.4 Å². The Morgan fingerprint density at radius 1 is 1.06 bits per heavy atom. The van der Waals surface area contributed by atoms with E-state index < -0.39 is 0 Å². The summed E-state index contributed by atoms with van der Waals surface area (Å²) >= 11 is 6.08. The molecule has 7 nitrogen and oxygen atoms in total. The highest BCUT2D eigenvalue weighted by atomic mass is 35.5. The first-order valence-electron chi connectivity index (χ1n) is 11.4. The standard InChI is InChI=1S/C27H23ClN4O3/c28-21-10-8-19(9-11-21)24(18-5-2-1-3-6-18)31-25(33)20-12-14-32(15-13-20)27-22(17-29)30-26(35-27)23-7-4-16-34-23/h1-11,16,20,24H,12-15H2,(H,31,33). The Labute approximate surface area is 207 Å². The Morgan fingerprint density at radius 3 is 2.43 bits per heavy atom. The second kappa shape index (κ2) is 10.1. The number of benzene rings is 2. The van der Waals surface area contributed by atoms with Crippen molar-refractivity contribution in [2.24, 2.45) is 5.92 Å². The van der Waals surface area contributed by atoms with Gasteiger partial charge >= 0.3 is 0 Å². The highest BCUT2D eigenvalue weighted by molar-refractivity contribution is 6.30. The zero-order valence-electron chi connectivity index (χ0n) is 18.9. The van der Waals surface area contributed by atoms with Crippen molar-refractivity contribution in [1.82, 2.24) is 10.3 Å². The van der Waals surface area contributed by atoms with E-state index in [1.165, 1.54) is 6.26 Å². The predicted molar refractivity (Wildman–Crippen MR) is 132 cm³/mol. The van der Waals surface area contributed by atoms with Crippen LogP contribution in [-0.4, -0.2) is 24.0 Å². The van der Waals surface area contributed by atoms with Crippen LogP contribution in [0.5, 0.6) is 0 Å². The molecule has 0 radical (unpaired) electrons. The first-order chi connectivity index (χ1) is 17.1. The second-order valence-electron chi connectivity index (χ2n) is 8.43. The number of nitrogens with zero attached hydrogens (tertiary/aromatic N) is 3. The molecule has 0 saturated carbocycles. The molecule has 0 spiro atoms. The Morgan fingerprint density at radius 2 is 1.77 bits per heavy atom. The van der Waals surface area contributed by atoms with E-state index in [9.17, 15) is 10.1 Å². The van der Waals surface area contributed by atoms with Crippen LogP contribution in [0.4, 0.5) is 5.88 Å². The van der Waals surface area contributed by atoms with Gasteiger partial charge in [-0.2, -0.15) is 10.2 Å². The Balaban J connectivity index is 1.28. The number of nitrogens with one attached hydrogen (secondary N) is 1. The van der Waals surface area contributed by atoms with Crippen LogP contribution in [-0.2, 0) is 4.79 Å². The molecule has 8 heteroatoms. The summed E-state index contributed by atoms with van der Waals surface area (Å²) in [7, 11) is 0. The summed E-state index contributed by atoms with van der Waals surface area (Å²) in [6.07, 6.45) is 2.80. The summed E-state index contributed by atoms with van der Waals surface area (Å²) < 4.78 is 11.2. The third kappa shape index (κ3) is 4.93. The summed E-state index contributed by atoms with van der Waals surface area (Å²) in [6, 6.07) is 22.7. The fraction of sp³-hybridized carbons (Fsp3) is 0.222. The minimum Gasteiger partial charge on any atom is -0.459 e. The molecule has 5 rings (SSSR count). The summed E-state index contributed by atoms with van der Waals surface area (Å²) in [5.74, 6) is 1.01. The molecule has 0 bridgehead atoms. The molecule has 2 aromatic carbocycles. The zero-order chi connectivity index (χ0) is 24.2. The SMILES string of the molecule is N#Cc1nc(-c2ccco2)oc1N1CCC(C(=O)NC(c2ccccc2)c2ccc(Cl)cc2)CC1. The van der Waals surface area contributed by atoms with E-state index in [-0.39, 0.29) is 29.5 Å². The van der Waals surface area contributed by atoms with Gasteiger partial charge in [-0.15, -0.1) is 0 Å². The van der Waals surface area contributed by atoms with Gasteiger partial charge in [-0.25, -0.2) is 0 Å². The molecule has 0 aliphatic carbocycles. The Hall–Kier alpha value is -4.02. The summed E-state index contributed by atoms with van der Waals surface area (Å²) in [6.45, 7) is 1.16. The summed E-state index contributed by atoms with van der Waals surface area (Å²) in [5.41, 5.74) is 2.19. The van der Waals surface area contributed by atoms with Crippen molar-refractivity contribution < 1.29 is 13.6 Å². The molecule has 35 heavy (non-hydrogen) atoms. The fourth-order valence-corrected chi connectivity index (χ4v) is 4.50. The molecule has 1 atom stereocenters. The lowest BCUT2D eigenvalue weighted by molar-refractivity contribution is -0.126. The maximum Gasteiger partial charge on any atom is 0.266 e. The summed E-state index contributed by atoms with van der Waals surface area (Å²) in [5, 5.41) is 13.4. The maximum absolute atomic E-state index is 13.3. The molecular weight excluding hydrogens is 464 g/mol. The molecule has 1 aliphatic heterocycles. The number of aromatic nitrogens is 1. The molecule has 1 amide bonds. The van der Waals surface area contributed by atoms with Crippen LogP contribution >= 0.6 is 11.6 Å². The number of carbonyl (C=O) groups excluding carboxylic acids is 1. The maximum atomic E-state index is 13.3. The van der Waals surface area contributed by atoms with Gasteiger partial charge in [-0.05, 0) is 48.2 Å². The van der Waals surface area contributed by atoms with Gasteiger partial charge in [0.25, 0.3) is 5.89 Å². The number of hydrogen-bond donors (Lipinski definition) is 1. The van der Waals surface area contributed by atoms with E-state index in [2.05, 4.69) is 16.4 Å². The molecule has 1 N–H and O–H groups in total. The van der Waals surface area contributed by atoms with Gasteiger partial charge < -0.3 is 19.1 Å². The number of rotatable bonds is 6. The molecule has 3 heterocycles. The van der Waals surface area contributed by atoms with Crippen molar-refractivity contribution in [1.29, 1.82) is 5.26 Å². The van der Waals surface area contributed by atoms with Crippen molar-refractivity contribution in [2.45, 2.75) is 18.9 Å². The molecule has 4 aromatic rings. The number of oxazole rings is 1. The van der Waals surface area contributed by atoms with Gasteiger partial charge in [0.1, 0.15) is 6.07 Å².